The van der Waals surface area contributed by atoms with Crippen molar-refractivity contribution in [3.63, 3.8) is 0 Å². The van der Waals surface area contributed by atoms with Crippen LogP contribution in [0.15, 0.2) is 0 Å². The van der Waals surface area contributed by atoms with Gasteiger partial charge in [-0.2, -0.15) is 0 Å². The molecule has 0 spiro atoms. The van der Waals surface area contributed by atoms with Gasteiger partial charge in [0.15, 0.2) is 0 Å². The molecule has 84 valence electrons. The third-order valence-corrected chi connectivity index (χ3v) is 3.27. The minimum Gasteiger partial charge on any atom is -0.469 e. The fourth-order valence-corrected chi connectivity index (χ4v) is 2.32. The maximum atomic E-state index is 11.8. The monoisotopic (exact) mass is 224 g/mol. The highest BCUT2D eigenvalue weighted by molar-refractivity contribution is 7.54. The van der Waals surface area contributed by atoms with Crippen molar-refractivity contribution < 1.29 is 23.1 Å². The number of methoxy groups -OCH3 is 1. The molecule has 14 heavy (non-hydrogen) atoms. The van der Waals surface area contributed by atoms with E-state index in [0.29, 0.717) is 0 Å². The second kappa shape index (κ2) is 4.91. The van der Waals surface area contributed by atoms with Crippen LogP contribution in [0.25, 0.3) is 0 Å². The van der Waals surface area contributed by atoms with E-state index in [1.165, 1.54) is 14.2 Å². The van der Waals surface area contributed by atoms with Crippen LogP contribution in [0.4, 0.5) is 0 Å². The van der Waals surface area contributed by atoms with Gasteiger partial charge in [-0.3, -0.25) is 9.36 Å². The van der Waals surface area contributed by atoms with Gasteiger partial charge in [-0.1, -0.05) is 0 Å². The molecule has 0 amide bonds. The van der Waals surface area contributed by atoms with Crippen LogP contribution in [0.2, 0.25) is 0 Å². The van der Waals surface area contributed by atoms with E-state index in [1.807, 2.05) is 0 Å². The van der Waals surface area contributed by atoms with Crippen molar-refractivity contribution in [3.8, 4) is 0 Å². The minimum atomic E-state index is -3.37. The molecule has 0 aliphatic carbocycles. The lowest BCUT2D eigenvalue weighted by molar-refractivity contribution is -0.137. The molecule has 0 heterocycles. The molecule has 0 saturated heterocycles. The van der Waals surface area contributed by atoms with E-state index in [-0.39, 0.29) is 6.16 Å². The Bertz CT molecular complexity index is 243. The predicted molar refractivity (Wildman–Crippen MR) is 52.3 cm³/mol. The van der Waals surface area contributed by atoms with E-state index in [4.69, 9.17) is 9.05 Å². The summed E-state index contributed by atoms with van der Waals surface area (Å²) < 4.78 is 26.1. The first-order valence-electron chi connectivity index (χ1n) is 4.15. The number of ether oxygens (including phenoxy) is 1. The summed E-state index contributed by atoms with van der Waals surface area (Å²) >= 11 is 0. The molecule has 0 aromatic heterocycles. The van der Waals surface area contributed by atoms with Gasteiger partial charge in [0, 0.05) is 7.11 Å². The molecule has 0 saturated carbocycles. The van der Waals surface area contributed by atoms with E-state index in [1.54, 1.807) is 20.8 Å². The number of esters is 1. The summed E-state index contributed by atoms with van der Waals surface area (Å²) in [7, 11) is -0.902. The van der Waals surface area contributed by atoms with Gasteiger partial charge in [-0.05, 0) is 20.8 Å². The topological polar surface area (TPSA) is 61.8 Å². The van der Waals surface area contributed by atoms with E-state index in [0.717, 1.165) is 0 Å². The zero-order valence-corrected chi connectivity index (χ0v) is 10.1. The van der Waals surface area contributed by atoms with Gasteiger partial charge in [-0.15, -0.1) is 0 Å². The van der Waals surface area contributed by atoms with Crippen molar-refractivity contribution in [2.75, 3.05) is 20.4 Å². The van der Waals surface area contributed by atoms with Gasteiger partial charge in [0.05, 0.1) is 12.7 Å². The van der Waals surface area contributed by atoms with Crippen molar-refractivity contribution >= 4 is 13.6 Å². The Labute approximate surface area is 84.3 Å². The molecule has 0 aliphatic heterocycles. The third-order valence-electron chi connectivity index (χ3n) is 1.24. The third kappa shape index (κ3) is 5.37. The van der Waals surface area contributed by atoms with E-state index >= 15 is 0 Å². The molecule has 0 rings (SSSR count). The summed E-state index contributed by atoms with van der Waals surface area (Å²) in [5, 5.41) is 0. The maximum Gasteiger partial charge on any atom is 0.342 e. The van der Waals surface area contributed by atoms with Gasteiger partial charge >= 0.3 is 13.6 Å². The van der Waals surface area contributed by atoms with Crippen LogP contribution in [0.3, 0.4) is 0 Å². The molecule has 0 aromatic rings. The minimum absolute atomic E-state index is 0.364. The fourth-order valence-electron chi connectivity index (χ4n) is 0.774. The van der Waals surface area contributed by atoms with Gasteiger partial charge in [0.2, 0.25) is 0 Å². The van der Waals surface area contributed by atoms with Crippen molar-refractivity contribution in [2.24, 2.45) is 0 Å². The molecule has 1 unspecified atom stereocenters. The van der Waals surface area contributed by atoms with Gasteiger partial charge in [-0.25, -0.2) is 0 Å². The molecule has 0 bridgehead atoms. The zero-order chi connectivity index (χ0) is 11.4. The maximum absolute atomic E-state index is 11.8. The number of carbonyl (C=O) groups excluding carboxylic acids is 1. The Morgan fingerprint density at radius 1 is 1.29 bits per heavy atom. The summed E-state index contributed by atoms with van der Waals surface area (Å²) in [5.41, 5.74) is -0.625. The summed E-state index contributed by atoms with van der Waals surface area (Å²) in [4.78, 5) is 10.9. The molecule has 0 fully saturated rings. The van der Waals surface area contributed by atoms with Crippen LogP contribution in [-0.2, 0) is 23.1 Å². The second-order valence-electron chi connectivity index (χ2n) is 3.73. The summed E-state index contributed by atoms with van der Waals surface area (Å²) in [6, 6.07) is 0. The first-order valence-corrected chi connectivity index (χ1v) is 5.87. The first kappa shape index (κ1) is 13.6. The molecule has 5 nitrogen and oxygen atoms in total. The molecule has 0 radical (unpaired) electrons. The summed E-state index contributed by atoms with van der Waals surface area (Å²) in [6.45, 7) is 5.20. The Morgan fingerprint density at radius 3 is 2.07 bits per heavy atom. The lowest BCUT2D eigenvalue weighted by Crippen LogP contribution is -2.21. The summed E-state index contributed by atoms with van der Waals surface area (Å²) in [6.07, 6.45) is -0.364. The highest BCUT2D eigenvalue weighted by atomic mass is 31.2. The molecular formula is C8H17O5P. The number of carbonyl (C=O) groups is 1. The Hall–Kier alpha value is -0.380. The SMILES string of the molecule is COC(=O)CP(=O)(OC)OC(C)(C)C. The van der Waals surface area contributed by atoms with Crippen LogP contribution < -0.4 is 0 Å². The van der Waals surface area contributed by atoms with Gasteiger partial charge < -0.3 is 13.8 Å². The lowest BCUT2D eigenvalue weighted by Gasteiger charge is -2.25. The first-order chi connectivity index (χ1) is 6.22. The summed E-state index contributed by atoms with van der Waals surface area (Å²) in [5.74, 6) is -0.612. The van der Waals surface area contributed by atoms with E-state index in [2.05, 4.69) is 4.74 Å². The molecule has 0 aliphatic rings. The molecule has 0 aromatic carbocycles. The number of hydrogen-bond acceptors (Lipinski definition) is 5. The van der Waals surface area contributed by atoms with Crippen LogP contribution in [0, 0.1) is 0 Å². The standard InChI is InChI=1S/C8H17O5P/c1-8(2,3)13-14(10,12-5)6-7(9)11-4/h6H2,1-5H3. The highest BCUT2D eigenvalue weighted by Gasteiger charge is 2.32. The van der Waals surface area contributed by atoms with Gasteiger partial charge in [0.1, 0.15) is 6.16 Å². The molecule has 0 N–H and O–H groups in total. The Kier molecular flexibility index (Phi) is 4.78. The average Bonchev–Trinajstić information content (AvgIpc) is 2.00. The molecular weight excluding hydrogens is 207 g/mol. The lowest BCUT2D eigenvalue weighted by atomic mass is 10.2. The fraction of sp³-hybridized carbons (Fsp3) is 0.875. The smallest absolute Gasteiger partial charge is 0.342 e. The van der Waals surface area contributed by atoms with E-state index in [9.17, 15) is 9.36 Å². The van der Waals surface area contributed by atoms with Crippen LogP contribution in [-0.4, -0.2) is 32.0 Å². The van der Waals surface area contributed by atoms with Crippen molar-refractivity contribution in [1.82, 2.24) is 0 Å². The quantitative estimate of drug-likeness (QED) is 0.538. The average molecular weight is 224 g/mol. The van der Waals surface area contributed by atoms with Crippen molar-refractivity contribution in [1.29, 1.82) is 0 Å². The van der Waals surface area contributed by atoms with E-state index < -0.39 is 19.2 Å². The van der Waals surface area contributed by atoms with Crippen molar-refractivity contribution in [3.05, 3.63) is 0 Å². The predicted octanol–water partition coefficient (Wildman–Crippen LogP) is 1.81. The number of rotatable bonds is 4. The molecule has 6 heteroatoms. The molecule has 1 atom stereocenters. The zero-order valence-electron chi connectivity index (χ0n) is 9.20. The van der Waals surface area contributed by atoms with Crippen LogP contribution in [0.1, 0.15) is 20.8 Å². The largest absolute Gasteiger partial charge is 0.469 e. The Balaban J connectivity index is 4.49. The normalized spacial score (nSPS) is 16.1. The number of hydrogen-bond donors (Lipinski definition) is 0. The van der Waals surface area contributed by atoms with Crippen LogP contribution in [0.5, 0.6) is 0 Å². The van der Waals surface area contributed by atoms with Gasteiger partial charge in [0.25, 0.3) is 0 Å². The van der Waals surface area contributed by atoms with Crippen LogP contribution >= 0.6 is 7.60 Å². The van der Waals surface area contributed by atoms with Crippen molar-refractivity contribution in [2.45, 2.75) is 26.4 Å². The highest BCUT2D eigenvalue weighted by Crippen LogP contribution is 2.50. The second-order valence-corrected chi connectivity index (χ2v) is 5.82. The Morgan fingerprint density at radius 2 is 1.79 bits per heavy atom.